The maximum atomic E-state index is 11.6. The van der Waals surface area contributed by atoms with Crippen molar-refractivity contribution in [2.24, 2.45) is 11.0 Å². The SMILES string of the molecule is CCCCC1CC(=O)NN=C1c1ccc(OC2CCNCC2)cc1. The van der Waals surface area contributed by atoms with Gasteiger partial charge in [0.05, 0.1) is 5.71 Å². The summed E-state index contributed by atoms with van der Waals surface area (Å²) in [6.45, 7) is 4.23. The second kappa shape index (κ2) is 8.29. The smallest absolute Gasteiger partial charge is 0.240 e. The van der Waals surface area contributed by atoms with Crippen LogP contribution in [0, 0.1) is 5.92 Å². The first-order chi connectivity index (χ1) is 11.8. The van der Waals surface area contributed by atoms with Gasteiger partial charge >= 0.3 is 0 Å². The number of amides is 1. The number of hydrogen-bond acceptors (Lipinski definition) is 4. The number of unbranched alkanes of at least 4 members (excludes halogenated alkanes) is 1. The molecule has 1 aromatic rings. The summed E-state index contributed by atoms with van der Waals surface area (Å²) in [5.41, 5.74) is 4.70. The van der Waals surface area contributed by atoms with Crippen molar-refractivity contribution in [2.75, 3.05) is 13.1 Å². The highest BCUT2D eigenvalue weighted by molar-refractivity contribution is 6.05. The van der Waals surface area contributed by atoms with E-state index in [9.17, 15) is 4.79 Å². The number of benzene rings is 1. The molecule has 0 aliphatic carbocycles. The molecule has 1 atom stereocenters. The first-order valence-electron chi connectivity index (χ1n) is 9.10. The zero-order valence-electron chi connectivity index (χ0n) is 14.4. The lowest BCUT2D eigenvalue weighted by Crippen LogP contribution is -2.34. The van der Waals surface area contributed by atoms with E-state index in [0.29, 0.717) is 12.5 Å². The summed E-state index contributed by atoms with van der Waals surface area (Å²) in [5, 5.41) is 7.68. The van der Waals surface area contributed by atoms with Crippen LogP contribution < -0.4 is 15.5 Å². The lowest BCUT2D eigenvalue weighted by atomic mass is 9.88. The van der Waals surface area contributed by atoms with Crippen LogP contribution in [0.1, 0.15) is 51.0 Å². The van der Waals surface area contributed by atoms with Crippen LogP contribution >= 0.6 is 0 Å². The van der Waals surface area contributed by atoms with E-state index in [0.717, 1.165) is 62.2 Å². The van der Waals surface area contributed by atoms with E-state index >= 15 is 0 Å². The lowest BCUT2D eigenvalue weighted by molar-refractivity contribution is -0.122. The van der Waals surface area contributed by atoms with Crippen molar-refractivity contribution >= 4 is 11.6 Å². The van der Waals surface area contributed by atoms with Gasteiger partial charge in [-0.25, -0.2) is 5.43 Å². The van der Waals surface area contributed by atoms with Crippen LogP contribution in [-0.4, -0.2) is 30.8 Å². The highest BCUT2D eigenvalue weighted by Crippen LogP contribution is 2.24. The minimum absolute atomic E-state index is 0.0192. The maximum absolute atomic E-state index is 11.6. The molecule has 0 bridgehead atoms. The van der Waals surface area contributed by atoms with Crippen LogP contribution in [0.5, 0.6) is 5.75 Å². The van der Waals surface area contributed by atoms with E-state index in [4.69, 9.17) is 4.74 Å². The van der Waals surface area contributed by atoms with Crippen molar-refractivity contribution < 1.29 is 9.53 Å². The Morgan fingerprint density at radius 1 is 1.21 bits per heavy atom. The Morgan fingerprint density at radius 3 is 2.67 bits per heavy atom. The molecule has 0 aromatic heterocycles. The van der Waals surface area contributed by atoms with Gasteiger partial charge < -0.3 is 10.1 Å². The normalized spacial score (nSPS) is 22.0. The predicted molar refractivity (Wildman–Crippen MR) is 95.3 cm³/mol. The lowest BCUT2D eigenvalue weighted by Gasteiger charge is -2.25. The van der Waals surface area contributed by atoms with Crippen molar-refractivity contribution in [3.8, 4) is 5.75 Å². The summed E-state index contributed by atoms with van der Waals surface area (Å²) in [6, 6.07) is 8.16. The molecule has 1 amide bonds. The van der Waals surface area contributed by atoms with Crippen LogP contribution in [0.4, 0.5) is 0 Å². The Bertz CT molecular complexity index is 577. The largest absolute Gasteiger partial charge is 0.490 e. The Hall–Kier alpha value is -1.88. The standard InChI is InChI=1S/C19H27N3O2/c1-2-3-4-15-13-18(23)21-22-19(15)14-5-7-16(8-6-14)24-17-9-11-20-12-10-17/h5-8,15,17,20H,2-4,9-13H2,1H3,(H,21,23). The Morgan fingerprint density at radius 2 is 1.96 bits per heavy atom. The minimum Gasteiger partial charge on any atom is -0.490 e. The van der Waals surface area contributed by atoms with E-state index in [1.54, 1.807) is 0 Å². The van der Waals surface area contributed by atoms with Gasteiger partial charge in [0.25, 0.3) is 0 Å². The molecule has 1 aromatic carbocycles. The Kier molecular flexibility index (Phi) is 5.86. The predicted octanol–water partition coefficient (Wildman–Crippen LogP) is 2.85. The molecule has 0 saturated carbocycles. The zero-order chi connectivity index (χ0) is 16.8. The van der Waals surface area contributed by atoms with Crippen molar-refractivity contribution in [3.63, 3.8) is 0 Å². The number of piperidine rings is 1. The van der Waals surface area contributed by atoms with Crippen LogP contribution in [0.15, 0.2) is 29.4 Å². The molecular weight excluding hydrogens is 302 g/mol. The summed E-state index contributed by atoms with van der Waals surface area (Å²) in [4.78, 5) is 11.6. The fourth-order valence-corrected chi connectivity index (χ4v) is 3.38. The molecule has 0 spiro atoms. The third-order valence-electron chi connectivity index (χ3n) is 4.76. The fourth-order valence-electron chi connectivity index (χ4n) is 3.38. The van der Waals surface area contributed by atoms with Crippen molar-refractivity contribution in [1.29, 1.82) is 0 Å². The van der Waals surface area contributed by atoms with Gasteiger partial charge in [0.15, 0.2) is 0 Å². The van der Waals surface area contributed by atoms with Gasteiger partial charge in [0.2, 0.25) is 5.91 Å². The van der Waals surface area contributed by atoms with Gasteiger partial charge in [-0.1, -0.05) is 19.8 Å². The monoisotopic (exact) mass is 329 g/mol. The molecule has 0 radical (unpaired) electrons. The first-order valence-corrected chi connectivity index (χ1v) is 9.10. The van der Waals surface area contributed by atoms with Crippen molar-refractivity contribution in [2.45, 2.75) is 51.6 Å². The van der Waals surface area contributed by atoms with Crippen LogP contribution in [-0.2, 0) is 4.79 Å². The first kappa shape index (κ1) is 17.0. The maximum Gasteiger partial charge on any atom is 0.240 e. The quantitative estimate of drug-likeness (QED) is 0.843. The molecule has 1 unspecified atom stereocenters. The van der Waals surface area contributed by atoms with Crippen LogP contribution in [0.3, 0.4) is 0 Å². The van der Waals surface area contributed by atoms with Gasteiger partial charge in [0, 0.05) is 12.3 Å². The summed E-state index contributed by atoms with van der Waals surface area (Å²) < 4.78 is 6.06. The second-order valence-corrected chi connectivity index (χ2v) is 6.67. The van der Waals surface area contributed by atoms with Crippen molar-refractivity contribution in [3.05, 3.63) is 29.8 Å². The molecule has 2 aliphatic heterocycles. The van der Waals surface area contributed by atoms with Gasteiger partial charge in [0.1, 0.15) is 11.9 Å². The molecule has 5 nitrogen and oxygen atoms in total. The number of nitrogens with one attached hydrogen (secondary N) is 2. The number of rotatable bonds is 6. The Balaban J connectivity index is 1.67. The topological polar surface area (TPSA) is 62.7 Å². The van der Waals surface area contributed by atoms with Gasteiger partial charge in [-0.15, -0.1) is 0 Å². The number of nitrogens with zero attached hydrogens (tertiary/aromatic N) is 1. The van der Waals surface area contributed by atoms with E-state index in [-0.39, 0.29) is 11.8 Å². The van der Waals surface area contributed by atoms with E-state index < -0.39 is 0 Å². The molecule has 24 heavy (non-hydrogen) atoms. The number of hydrazone groups is 1. The van der Waals surface area contributed by atoms with E-state index in [2.05, 4.69) is 34.9 Å². The highest BCUT2D eigenvalue weighted by atomic mass is 16.5. The summed E-state index contributed by atoms with van der Waals surface area (Å²) in [7, 11) is 0. The molecular formula is C19H27N3O2. The summed E-state index contributed by atoms with van der Waals surface area (Å²) in [5.74, 6) is 1.15. The minimum atomic E-state index is 0.0192. The molecule has 2 N–H and O–H groups in total. The van der Waals surface area contributed by atoms with E-state index in [1.165, 1.54) is 0 Å². The highest BCUT2D eigenvalue weighted by Gasteiger charge is 2.25. The average molecular weight is 329 g/mol. The van der Waals surface area contributed by atoms with Gasteiger partial charge in [-0.2, -0.15) is 5.10 Å². The number of carbonyl (C=O) groups is 1. The van der Waals surface area contributed by atoms with Crippen molar-refractivity contribution in [1.82, 2.24) is 10.7 Å². The van der Waals surface area contributed by atoms with Crippen LogP contribution in [0.2, 0.25) is 0 Å². The summed E-state index contributed by atoms with van der Waals surface area (Å²) in [6.07, 6.45) is 6.21. The molecule has 2 heterocycles. The molecule has 1 saturated heterocycles. The fraction of sp³-hybridized carbons (Fsp3) is 0.579. The Labute approximate surface area is 143 Å². The zero-order valence-corrected chi connectivity index (χ0v) is 14.4. The van der Waals surface area contributed by atoms with E-state index in [1.807, 2.05) is 12.1 Å². The number of ether oxygens (including phenoxy) is 1. The second-order valence-electron chi connectivity index (χ2n) is 6.67. The summed E-state index contributed by atoms with van der Waals surface area (Å²) >= 11 is 0. The molecule has 5 heteroatoms. The third kappa shape index (κ3) is 4.35. The van der Waals surface area contributed by atoms with Gasteiger partial charge in [-0.3, -0.25) is 4.79 Å². The third-order valence-corrected chi connectivity index (χ3v) is 4.76. The number of carbonyl (C=O) groups excluding carboxylic acids is 1. The number of hydrogen-bond donors (Lipinski definition) is 2. The molecule has 1 fully saturated rings. The molecule has 2 aliphatic rings. The molecule has 130 valence electrons. The van der Waals surface area contributed by atoms with Crippen LogP contribution in [0.25, 0.3) is 0 Å². The van der Waals surface area contributed by atoms with Gasteiger partial charge in [-0.05, 0) is 62.2 Å². The average Bonchev–Trinajstić information content (AvgIpc) is 2.62. The molecule has 3 rings (SSSR count).